The summed E-state index contributed by atoms with van der Waals surface area (Å²) in [6.45, 7) is 0.671. The number of nitrogens with one attached hydrogen (secondary N) is 1. The maximum absolute atomic E-state index is 12.5. The lowest BCUT2D eigenvalue weighted by molar-refractivity contribution is -0.137. The van der Waals surface area contributed by atoms with Gasteiger partial charge in [-0.1, -0.05) is 31.4 Å². The molecule has 3 rings (SSSR count). The molecule has 2 fully saturated rings. The van der Waals surface area contributed by atoms with E-state index < -0.39 is 11.7 Å². The second-order valence-electron chi connectivity index (χ2n) is 6.59. The highest BCUT2D eigenvalue weighted by molar-refractivity contribution is 5.24. The van der Waals surface area contributed by atoms with Crippen LogP contribution in [0.25, 0.3) is 0 Å². The molecule has 1 nitrogen and oxygen atoms in total. The van der Waals surface area contributed by atoms with Crippen LogP contribution in [-0.4, -0.2) is 6.04 Å². The highest BCUT2D eigenvalue weighted by Crippen LogP contribution is 2.51. The summed E-state index contributed by atoms with van der Waals surface area (Å²) in [5.74, 6) is 0. The van der Waals surface area contributed by atoms with E-state index in [1.807, 2.05) is 0 Å². The van der Waals surface area contributed by atoms with Gasteiger partial charge in [0.2, 0.25) is 0 Å². The van der Waals surface area contributed by atoms with E-state index in [0.29, 0.717) is 18.0 Å². The standard InChI is InChI=1S/C17H22F3N/c18-17(19,20)14-6-4-13(5-7-14)12-21-15-8-11-16(15)9-2-1-3-10-16/h4-7,15,21H,1-3,8-12H2. The molecule has 1 spiro atoms. The van der Waals surface area contributed by atoms with E-state index in [-0.39, 0.29) is 0 Å². The van der Waals surface area contributed by atoms with Gasteiger partial charge in [-0.3, -0.25) is 0 Å². The van der Waals surface area contributed by atoms with Gasteiger partial charge in [-0.2, -0.15) is 13.2 Å². The zero-order valence-corrected chi connectivity index (χ0v) is 12.2. The Bertz CT molecular complexity index is 472. The molecule has 1 atom stereocenters. The van der Waals surface area contributed by atoms with Crippen molar-refractivity contribution in [1.82, 2.24) is 5.32 Å². The Morgan fingerprint density at radius 2 is 1.67 bits per heavy atom. The van der Waals surface area contributed by atoms with Gasteiger partial charge in [-0.05, 0) is 48.8 Å². The Labute approximate surface area is 123 Å². The van der Waals surface area contributed by atoms with Crippen LogP contribution in [0.1, 0.15) is 56.1 Å². The summed E-state index contributed by atoms with van der Waals surface area (Å²) >= 11 is 0. The molecular weight excluding hydrogens is 275 g/mol. The van der Waals surface area contributed by atoms with Gasteiger partial charge in [0.15, 0.2) is 0 Å². The van der Waals surface area contributed by atoms with E-state index in [1.54, 1.807) is 12.1 Å². The summed E-state index contributed by atoms with van der Waals surface area (Å²) in [5.41, 5.74) is 0.851. The van der Waals surface area contributed by atoms with Crippen molar-refractivity contribution in [3.63, 3.8) is 0 Å². The monoisotopic (exact) mass is 297 g/mol. The molecule has 1 N–H and O–H groups in total. The van der Waals surface area contributed by atoms with Crippen LogP contribution in [-0.2, 0) is 12.7 Å². The Morgan fingerprint density at radius 3 is 2.19 bits per heavy atom. The fourth-order valence-corrected chi connectivity index (χ4v) is 3.92. The van der Waals surface area contributed by atoms with Gasteiger partial charge >= 0.3 is 6.18 Å². The second kappa shape index (κ2) is 5.64. The summed E-state index contributed by atoms with van der Waals surface area (Å²) in [6.07, 6.45) is 4.93. The average molecular weight is 297 g/mol. The third-order valence-corrected chi connectivity index (χ3v) is 5.35. The molecule has 0 amide bonds. The molecule has 0 saturated heterocycles. The van der Waals surface area contributed by atoms with Crippen molar-refractivity contribution in [2.24, 2.45) is 5.41 Å². The fourth-order valence-electron chi connectivity index (χ4n) is 3.92. The van der Waals surface area contributed by atoms with E-state index in [4.69, 9.17) is 0 Å². The van der Waals surface area contributed by atoms with Crippen molar-refractivity contribution < 1.29 is 13.2 Å². The van der Waals surface area contributed by atoms with Gasteiger partial charge in [-0.25, -0.2) is 0 Å². The molecule has 1 aromatic carbocycles. The predicted molar refractivity (Wildman–Crippen MR) is 76.8 cm³/mol. The number of alkyl halides is 3. The van der Waals surface area contributed by atoms with E-state index in [2.05, 4.69) is 5.32 Å². The van der Waals surface area contributed by atoms with Crippen LogP contribution >= 0.6 is 0 Å². The van der Waals surface area contributed by atoms with Crippen LogP contribution in [0.4, 0.5) is 13.2 Å². The third kappa shape index (κ3) is 3.10. The highest BCUT2D eigenvalue weighted by atomic mass is 19.4. The Kier molecular flexibility index (Phi) is 4.00. The molecule has 2 aliphatic rings. The Morgan fingerprint density at radius 1 is 1.00 bits per heavy atom. The molecule has 0 aliphatic heterocycles. The van der Waals surface area contributed by atoms with Crippen LogP contribution in [0.3, 0.4) is 0 Å². The zero-order valence-electron chi connectivity index (χ0n) is 12.2. The first-order valence-corrected chi connectivity index (χ1v) is 7.89. The number of hydrogen-bond acceptors (Lipinski definition) is 1. The van der Waals surface area contributed by atoms with Crippen LogP contribution in [0, 0.1) is 5.41 Å². The number of halogens is 3. The first-order valence-electron chi connectivity index (χ1n) is 7.89. The quantitative estimate of drug-likeness (QED) is 0.836. The fraction of sp³-hybridized carbons (Fsp3) is 0.647. The molecule has 1 aromatic rings. The van der Waals surface area contributed by atoms with Crippen LogP contribution in [0.5, 0.6) is 0 Å². The van der Waals surface area contributed by atoms with E-state index in [9.17, 15) is 13.2 Å². The van der Waals surface area contributed by atoms with E-state index in [0.717, 1.165) is 5.56 Å². The van der Waals surface area contributed by atoms with Crippen LogP contribution in [0.2, 0.25) is 0 Å². The summed E-state index contributed by atoms with van der Waals surface area (Å²) < 4.78 is 37.6. The van der Waals surface area contributed by atoms with Crippen LogP contribution < -0.4 is 5.32 Å². The lowest BCUT2D eigenvalue weighted by Gasteiger charge is -2.52. The third-order valence-electron chi connectivity index (χ3n) is 5.35. The molecule has 2 aliphatic carbocycles. The molecule has 4 heteroatoms. The van der Waals surface area contributed by atoms with Crippen LogP contribution in [0.15, 0.2) is 24.3 Å². The summed E-state index contributed by atoms with van der Waals surface area (Å²) in [6, 6.07) is 6.08. The number of rotatable bonds is 3. The van der Waals surface area contributed by atoms with Crippen molar-refractivity contribution in [2.75, 3.05) is 0 Å². The topological polar surface area (TPSA) is 12.0 Å². The first kappa shape index (κ1) is 14.9. The van der Waals surface area contributed by atoms with Crippen molar-refractivity contribution in [1.29, 1.82) is 0 Å². The molecular formula is C17H22F3N. The number of benzene rings is 1. The van der Waals surface area contributed by atoms with E-state index >= 15 is 0 Å². The second-order valence-corrected chi connectivity index (χ2v) is 6.59. The molecule has 0 aromatic heterocycles. The van der Waals surface area contributed by atoms with E-state index in [1.165, 1.54) is 57.1 Å². The minimum absolute atomic E-state index is 0.490. The lowest BCUT2D eigenvalue weighted by Crippen LogP contribution is -2.53. The molecule has 2 saturated carbocycles. The van der Waals surface area contributed by atoms with Gasteiger partial charge in [0, 0.05) is 12.6 Å². The molecule has 21 heavy (non-hydrogen) atoms. The Hall–Kier alpha value is -1.03. The Balaban J connectivity index is 1.56. The maximum atomic E-state index is 12.5. The van der Waals surface area contributed by atoms with Gasteiger partial charge in [0.05, 0.1) is 5.56 Å². The molecule has 0 bridgehead atoms. The largest absolute Gasteiger partial charge is 0.416 e. The first-order chi connectivity index (χ1) is 10.00. The van der Waals surface area contributed by atoms with Gasteiger partial charge < -0.3 is 5.32 Å². The number of hydrogen-bond donors (Lipinski definition) is 1. The maximum Gasteiger partial charge on any atom is 0.416 e. The summed E-state index contributed by atoms with van der Waals surface area (Å²) in [7, 11) is 0. The van der Waals surface area contributed by atoms with Crippen molar-refractivity contribution in [2.45, 2.75) is 63.7 Å². The van der Waals surface area contributed by atoms with Gasteiger partial charge in [0.25, 0.3) is 0 Å². The minimum atomic E-state index is -4.24. The van der Waals surface area contributed by atoms with Crippen molar-refractivity contribution in [3.8, 4) is 0 Å². The summed E-state index contributed by atoms with van der Waals surface area (Å²) in [5, 5.41) is 3.57. The van der Waals surface area contributed by atoms with Gasteiger partial charge in [0.1, 0.15) is 0 Å². The van der Waals surface area contributed by atoms with Crippen molar-refractivity contribution >= 4 is 0 Å². The minimum Gasteiger partial charge on any atom is -0.309 e. The molecule has 0 radical (unpaired) electrons. The average Bonchev–Trinajstić information content (AvgIpc) is 2.47. The lowest BCUT2D eigenvalue weighted by atomic mass is 9.57. The molecule has 116 valence electrons. The predicted octanol–water partition coefficient (Wildman–Crippen LogP) is 4.91. The SMILES string of the molecule is FC(F)(F)c1ccc(CNC2CCC23CCCCC3)cc1. The molecule has 1 unspecified atom stereocenters. The summed E-state index contributed by atoms with van der Waals surface area (Å²) in [4.78, 5) is 0. The molecule has 0 heterocycles. The highest BCUT2D eigenvalue weighted by Gasteiger charge is 2.46. The normalized spacial score (nSPS) is 24.8. The zero-order chi connectivity index (χ0) is 14.9. The smallest absolute Gasteiger partial charge is 0.309 e. The van der Waals surface area contributed by atoms with Gasteiger partial charge in [-0.15, -0.1) is 0 Å². The van der Waals surface area contributed by atoms with Crippen molar-refractivity contribution in [3.05, 3.63) is 35.4 Å².